The van der Waals surface area contributed by atoms with Crippen LogP contribution in [0, 0.1) is 13.8 Å². The molecule has 1 N–H and O–H groups in total. The first-order valence-electron chi connectivity index (χ1n) is 8.04. The second-order valence-electron chi connectivity index (χ2n) is 5.88. The third kappa shape index (κ3) is 3.66. The zero-order chi connectivity index (χ0) is 17.8. The molecule has 5 heteroatoms. The van der Waals surface area contributed by atoms with Crippen LogP contribution in [0.4, 0.5) is 17.2 Å². The molecule has 1 heterocycles. The Morgan fingerprint density at radius 3 is 2.20 bits per heavy atom. The van der Waals surface area contributed by atoms with E-state index in [-0.39, 0.29) is 11.6 Å². The van der Waals surface area contributed by atoms with Crippen molar-refractivity contribution in [2.24, 2.45) is 0 Å². The number of benzene rings is 2. The Kier molecular flexibility index (Phi) is 4.75. The predicted octanol–water partition coefficient (Wildman–Crippen LogP) is 4.11. The van der Waals surface area contributed by atoms with Gasteiger partial charge in [-0.3, -0.25) is 4.79 Å². The number of nitrogens with one attached hydrogen (secondary N) is 1. The number of carbonyl (C=O) groups excluding carboxylic acids is 1. The van der Waals surface area contributed by atoms with Crippen molar-refractivity contribution in [3.8, 4) is 0 Å². The number of aromatic nitrogens is 2. The van der Waals surface area contributed by atoms with Crippen LogP contribution in [-0.4, -0.2) is 22.9 Å². The van der Waals surface area contributed by atoms with Crippen molar-refractivity contribution in [3.05, 3.63) is 77.7 Å². The van der Waals surface area contributed by atoms with Gasteiger partial charge in [0, 0.05) is 18.4 Å². The van der Waals surface area contributed by atoms with Gasteiger partial charge in [0.15, 0.2) is 5.82 Å². The van der Waals surface area contributed by atoms with Gasteiger partial charge in [-0.15, -0.1) is 0 Å². The van der Waals surface area contributed by atoms with Gasteiger partial charge in [0.1, 0.15) is 5.69 Å². The van der Waals surface area contributed by atoms with Gasteiger partial charge >= 0.3 is 0 Å². The molecule has 0 aliphatic carbocycles. The summed E-state index contributed by atoms with van der Waals surface area (Å²) in [4.78, 5) is 23.0. The van der Waals surface area contributed by atoms with Crippen LogP contribution in [0.5, 0.6) is 0 Å². The van der Waals surface area contributed by atoms with Crippen molar-refractivity contribution < 1.29 is 4.79 Å². The Balaban J connectivity index is 1.77. The van der Waals surface area contributed by atoms with E-state index in [2.05, 4.69) is 15.3 Å². The molecule has 0 saturated carbocycles. The van der Waals surface area contributed by atoms with Gasteiger partial charge in [-0.2, -0.15) is 0 Å². The number of hydrogen-bond acceptors (Lipinski definition) is 4. The SMILES string of the molecule is Cc1cccc(C)c1NC(=O)c1cnc(N(C)c2ccccc2)cn1. The van der Waals surface area contributed by atoms with E-state index in [0.717, 1.165) is 22.5 Å². The number of anilines is 3. The van der Waals surface area contributed by atoms with E-state index >= 15 is 0 Å². The summed E-state index contributed by atoms with van der Waals surface area (Å²) in [6, 6.07) is 15.8. The van der Waals surface area contributed by atoms with E-state index in [4.69, 9.17) is 0 Å². The molecule has 126 valence electrons. The summed E-state index contributed by atoms with van der Waals surface area (Å²) < 4.78 is 0. The lowest BCUT2D eigenvalue weighted by molar-refractivity contribution is 0.102. The maximum Gasteiger partial charge on any atom is 0.275 e. The molecule has 1 amide bonds. The Bertz CT molecular complexity index is 856. The number of hydrogen-bond donors (Lipinski definition) is 1. The summed E-state index contributed by atoms with van der Waals surface area (Å²) in [5.41, 5.74) is 4.14. The summed E-state index contributed by atoms with van der Waals surface area (Å²) in [7, 11) is 1.91. The Morgan fingerprint density at radius 2 is 1.60 bits per heavy atom. The van der Waals surface area contributed by atoms with Crippen LogP contribution in [0.15, 0.2) is 60.9 Å². The first-order chi connectivity index (χ1) is 12.1. The third-order valence-corrected chi connectivity index (χ3v) is 4.08. The highest BCUT2D eigenvalue weighted by molar-refractivity contribution is 6.03. The topological polar surface area (TPSA) is 58.1 Å². The molecular formula is C20H20N4O. The Morgan fingerprint density at radius 1 is 0.920 bits per heavy atom. The van der Waals surface area contributed by atoms with E-state index in [1.54, 1.807) is 6.20 Å². The summed E-state index contributed by atoms with van der Waals surface area (Å²) in [6.07, 6.45) is 3.10. The fraction of sp³-hybridized carbons (Fsp3) is 0.150. The lowest BCUT2D eigenvalue weighted by Crippen LogP contribution is -2.17. The average Bonchev–Trinajstić information content (AvgIpc) is 2.65. The standard InChI is InChI=1S/C20H20N4O/c1-14-8-7-9-15(2)19(14)23-20(25)17-12-22-18(13-21-17)24(3)16-10-5-4-6-11-16/h4-13H,1-3H3,(H,23,25). The van der Waals surface area contributed by atoms with Crippen LogP contribution in [0.1, 0.15) is 21.6 Å². The molecule has 0 aliphatic heterocycles. The van der Waals surface area contributed by atoms with Crippen LogP contribution < -0.4 is 10.2 Å². The van der Waals surface area contributed by atoms with Crippen LogP contribution in [0.3, 0.4) is 0 Å². The number of para-hydroxylation sites is 2. The number of rotatable bonds is 4. The normalized spacial score (nSPS) is 10.4. The smallest absolute Gasteiger partial charge is 0.275 e. The van der Waals surface area contributed by atoms with Crippen LogP contribution in [0.2, 0.25) is 0 Å². The Hall–Kier alpha value is -3.21. The minimum atomic E-state index is -0.265. The van der Waals surface area contributed by atoms with E-state index < -0.39 is 0 Å². The van der Waals surface area contributed by atoms with E-state index in [1.807, 2.05) is 74.3 Å². The van der Waals surface area contributed by atoms with Crippen LogP contribution in [-0.2, 0) is 0 Å². The third-order valence-electron chi connectivity index (χ3n) is 4.08. The first kappa shape index (κ1) is 16.6. The molecule has 25 heavy (non-hydrogen) atoms. The van der Waals surface area contributed by atoms with Crippen LogP contribution >= 0.6 is 0 Å². The molecular weight excluding hydrogens is 312 g/mol. The van der Waals surface area contributed by atoms with E-state index in [1.165, 1.54) is 6.20 Å². The zero-order valence-electron chi connectivity index (χ0n) is 14.5. The molecule has 0 aliphatic rings. The number of carbonyl (C=O) groups is 1. The first-order valence-corrected chi connectivity index (χ1v) is 8.04. The van der Waals surface area contributed by atoms with Gasteiger partial charge in [-0.1, -0.05) is 36.4 Å². The monoisotopic (exact) mass is 332 g/mol. The maximum atomic E-state index is 12.4. The number of amides is 1. The molecule has 0 spiro atoms. The van der Waals surface area contributed by atoms with E-state index in [0.29, 0.717) is 5.82 Å². The van der Waals surface area contributed by atoms with Gasteiger partial charge in [0.25, 0.3) is 5.91 Å². The summed E-state index contributed by atoms with van der Waals surface area (Å²) in [5, 5.41) is 2.92. The second-order valence-corrected chi connectivity index (χ2v) is 5.88. The molecule has 0 unspecified atom stereocenters. The van der Waals surface area contributed by atoms with Gasteiger partial charge in [0.2, 0.25) is 0 Å². The molecule has 3 aromatic rings. The van der Waals surface area contributed by atoms with Gasteiger partial charge in [-0.25, -0.2) is 9.97 Å². The highest BCUT2D eigenvalue weighted by atomic mass is 16.1. The minimum absolute atomic E-state index is 0.265. The van der Waals surface area contributed by atoms with Gasteiger partial charge in [-0.05, 0) is 37.1 Å². The number of aryl methyl sites for hydroxylation is 2. The quantitative estimate of drug-likeness (QED) is 0.781. The number of nitrogens with zero attached hydrogens (tertiary/aromatic N) is 3. The summed E-state index contributed by atoms with van der Waals surface area (Å²) >= 11 is 0. The molecule has 3 rings (SSSR count). The lowest BCUT2D eigenvalue weighted by atomic mass is 10.1. The molecule has 0 saturated heterocycles. The summed E-state index contributed by atoms with van der Waals surface area (Å²) in [6.45, 7) is 3.93. The molecule has 1 aromatic heterocycles. The largest absolute Gasteiger partial charge is 0.328 e. The van der Waals surface area contributed by atoms with Crippen LogP contribution in [0.25, 0.3) is 0 Å². The Labute approximate surface area is 147 Å². The van der Waals surface area contributed by atoms with Gasteiger partial charge < -0.3 is 10.2 Å². The highest BCUT2D eigenvalue weighted by Crippen LogP contribution is 2.22. The molecule has 5 nitrogen and oxygen atoms in total. The van der Waals surface area contributed by atoms with Crippen molar-refractivity contribution in [2.75, 3.05) is 17.3 Å². The molecule has 2 aromatic carbocycles. The van der Waals surface area contributed by atoms with Crippen molar-refractivity contribution in [1.82, 2.24) is 9.97 Å². The van der Waals surface area contributed by atoms with Gasteiger partial charge in [0.05, 0.1) is 12.4 Å². The molecule has 0 bridgehead atoms. The minimum Gasteiger partial charge on any atom is -0.328 e. The second kappa shape index (κ2) is 7.13. The maximum absolute atomic E-state index is 12.4. The average molecular weight is 332 g/mol. The summed E-state index contributed by atoms with van der Waals surface area (Å²) in [5.74, 6) is 0.411. The highest BCUT2D eigenvalue weighted by Gasteiger charge is 2.12. The predicted molar refractivity (Wildman–Crippen MR) is 100 cm³/mol. The molecule has 0 atom stereocenters. The lowest BCUT2D eigenvalue weighted by Gasteiger charge is -2.17. The van der Waals surface area contributed by atoms with Crippen molar-refractivity contribution in [2.45, 2.75) is 13.8 Å². The molecule has 0 radical (unpaired) electrons. The molecule has 0 fully saturated rings. The van der Waals surface area contributed by atoms with Crippen molar-refractivity contribution in [3.63, 3.8) is 0 Å². The van der Waals surface area contributed by atoms with Crippen molar-refractivity contribution >= 4 is 23.1 Å². The fourth-order valence-corrected chi connectivity index (χ4v) is 2.58. The van der Waals surface area contributed by atoms with Crippen molar-refractivity contribution in [1.29, 1.82) is 0 Å². The van der Waals surface area contributed by atoms with E-state index in [9.17, 15) is 4.79 Å². The fourth-order valence-electron chi connectivity index (χ4n) is 2.58. The zero-order valence-corrected chi connectivity index (χ0v) is 14.5.